The van der Waals surface area contributed by atoms with E-state index in [1.807, 2.05) is 12.1 Å². The smallest absolute Gasteiger partial charge is 0.138 e. The van der Waals surface area contributed by atoms with E-state index < -0.39 is 0 Å². The van der Waals surface area contributed by atoms with Gasteiger partial charge < -0.3 is 10.1 Å². The van der Waals surface area contributed by atoms with E-state index in [1.165, 1.54) is 16.0 Å². The SMILES string of the molecule is CC[C@@H](Nc1ncnc2sc(C)c(C)c12)c1ccc(OC)cc1. The van der Waals surface area contributed by atoms with Crippen molar-refractivity contribution < 1.29 is 4.74 Å². The number of nitrogens with zero attached hydrogens (tertiary/aromatic N) is 2. The van der Waals surface area contributed by atoms with Crippen molar-refractivity contribution in [2.45, 2.75) is 33.2 Å². The Morgan fingerprint density at radius 2 is 1.91 bits per heavy atom. The van der Waals surface area contributed by atoms with Gasteiger partial charge in [0, 0.05) is 4.88 Å². The third-order valence-corrected chi connectivity index (χ3v) is 5.32. The Morgan fingerprint density at radius 3 is 2.57 bits per heavy atom. The minimum absolute atomic E-state index is 0.207. The highest BCUT2D eigenvalue weighted by Crippen LogP contribution is 2.34. The molecule has 0 fully saturated rings. The molecule has 0 spiro atoms. The summed E-state index contributed by atoms with van der Waals surface area (Å²) in [6, 6.07) is 8.40. The fraction of sp³-hybridized carbons (Fsp3) is 0.333. The number of benzene rings is 1. The molecule has 2 heterocycles. The van der Waals surface area contributed by atoms with Crippen molar-refractivity contribution in [2.75, 3.05) is 12.4 Å². The number of nitrogens with one attached hydrogen (secondary N) is 1. The van der Waals surface area contributed by atoms with Gasteiger partial charge in [0.05, 0.1) is 18.5 Å². The van der Waals surface area contributed by atoms with Crippen LogP contribution in [0.5, 0.6) is 5.75 Å². The van der Waals surface area contributed by atoms with Gasteiger partial charge in [-0.25, -0.2) is 9.97 Å². The van der Waals surface area contributed by atoms with Crippen molar-refractivity contribution in [2.24, 2.45) is 0 Å². The van der Waals surface area contributed by atoms with E-state index in [2.05, 4.69) is 48.2 Å². The zero-order chi connectivity index (χ0) is 16.4. The molecule has 0 bridgehead atoms. The summed E-state index contributed by atoms with van der Waals surface area (Å²) in [6.07, 6.45) is 2.61. The molecule has 0 saturated heterocycles. The number of hydrogen-bond acceptors (Lipinski definition) is 5. The van der Waals surface area contributed by atoms with Crippen LogP contribution in [0, 0.1) is 13.8 Å². The molecule has 0 aliphatic rings. The number of thiophene rings is 1. The summed E-state index contributed by atoms with van der Waals surface area (Å²) in [6.45, 7) is 6.44. The first-order chi connectivity index (χ1) is 11.1. The van der Waals surface area contributed by atoms with Crippen molar-refractivity contribution >= 4 is 27.4 Å². The van der Waals surface area contributed by atoms with Gasteiger partial charge in [0.15, 0.2) is 0 Å². The van der Waals surface area contributed by atoms with Crippen LogP contribution < -0.4 is 10.1 Å². The maximum absolute atomic E-state index is 5.24. The lowest BCUT2D eigenvalue weighted by Gasteiger charge is -2.19. The molecule has 1 atom stereocenters. The highest BCUT2D eigenvalue weighted by Gasteiger charge is 2.16. The van der Waals surface area contributed by atoms with Crippen LogP contribution in [-0.2, 0) is 0 Å². The molecule has 3 aromatic rings. The fourth-order valence-corrected chi connectivity index (χ4v) is 3.71. The number of methoxy groups -OCH3 is 1. The summed E-state index contributed by atoms with van der Waals surface area (Å²) >= 11 is 1.72. The molecule has 0 saturated carbocycles. The Kier molecular flexibility index (Phi) is 4.48. The predicted octanol–water partition coefficient (Wildman–Crippen LogP) is 4.88. The second-order valence-corrected chi connectivity index (χ2v) is 6.77. The Morgan fingerprint density at radius 1 is 1.17 bits per heavy atom. The van der Waals surface area contributed by atoms with E-state index in [0.717, 1.165) is 28.2 Å². The van der Waals surface area contributed by atoms with Crippen LogP contribution in [0.25, 0.3) is 10.2 Å². The molecule has 1 N–H and O–H groups in total. The van der Waals surface area contributed by atoms with Gasteiger partial charge in [-0.1, -0.05) is 19.1 Å². The average molecular weight is 327 g/mol. The minimum atomic E-state index is 0.207. The van der Waals surface area contributed by atoms with Crippen LogP contribution in [-0.4, -0.2) is 17.1 Å². The Labute approximate surface area is 140 Å². The lowest BCUT2D eigenvalue weighted by molar-refractivity contribution is 0.414. The summed E-state index contributed by atoms with van der Waals surface area (Å²) in [7, 11) is 1.68. The number of rotatable bonds is 5. The third-order valence-electron chi connectivity index (χ3n) is 4.20. The first kappa shape index (κ1) is 15.7. The van der Waals surface area contributed by atoms with Gasteiger partial charge in [-0.05, 0) is 43.5 Å². The van der Waals surface area contributed by atoms with E-state index >= 15 is 0 Å². The van der Waals surface area contributed by atoms with Crippen LogP contribution in [0.4, 0.5) is 5.82 Å². The lowest BCUT2D eigenvalue weighted by Crippen LogP contribution is -2.11. The first-order valence-corrected chi connectivity index (χ1v) is 8.56. The van der Waals surface area contributed by atoms with E-state index in [1.54, 1.807) is 24.8 Å². The summed E-state index contributed by atoms with van der Waals surface area (Å²) in [5.74, 6) is 1.79. The van der Waals surface area contributed by atoms with Crippen molar-refractivity contribution in [3.63, 3.8) is 0 Å². The maximum Gasteiger partial charge on any atom is 0.138 e. The summed E-state index contributed by atoms with van der Waals surface area (Å²) in [5, 5.41) is 4.74. The normalized spacial score (nSPS) is 12.3. The molecule has 0 unspecified atom stereocenters. The van der Waals surface area contributed by atoms with Crippen LogP contribution in [0.2, 0.25) is 0 Å². The molecule has 5 heteroatoms. The topological polar surface area (TPSA) is 47.0 Å². The van der Waals surface area contributed by atoms with Gasteiger partial charge in [-0.15, -0.1) is 11.3 Å². The lowest BCUT2D eigenvalue weighted by atomic mass is 10.0. The van der Waals surface area contributed by atoms with Crippen molar-refractivity contribution in [3.05, 3.63) is 46.6 Å². The predicted molar refractivity (Wildman–Crippen MR) is 96.5 cm³/mol. The number of aryl methyl sites for hydroxylation is 2. The molecule has 2 aromatic heterocycles. The molecule has 0 amide bonds. The molecule has 0 aliphatic carbocycles. The molecule has 23 heavy (non-hydrogen) atoms. The largest absolute Gasteiger partial charge is 0.497 e. The molecule has 3 rings (SSSR count). The second kappa shape index (κ2) is 6.54. The van der Waals surface area contributed by atoms with E-state index in [9.17, 15) is 0 Å². The van der Waals surface area contributed by atoms with Crippen LogP contribution in [0.15, 0.2) is 30.6 Å². The highest BCUT2D eigenvalue weighted by molar-refractivity contribution is 7.18. The third kappa shape index (κ3) is 3.01. The highest BCUT2D eigenvalue weighted by atomic mass is 32.1. The van der Waals surface area contributed by atoms with Gasteiger partial charge in [-0.3, -0.25) is 0 Å². The molecular weight excluding hydrogens is 306 g/mol. The quantitative estimate of drug-likeness (QED) is 0.725. The van der Waals surface area contributed by atoms with E-state index in [4.69, 9.17) is 4.74 Å². The maximum atomic E-state index is 5.24. The average Bonchev–Trinajstić information content (AvgIpc) is 2.88. The molecule has 4 nitrogen and oxygen atoms in total. The number of anilines is 1. The molecule has 1 aromatic carbocycles. The molecule has 0 aliphatic heterocycles. The summed E-state index contributed by atoms with van der Waals surface area (Å²) in [4.78, 5) is 11.2. The standard InChI is InChI=1S/C18H21N3OS/c1-5-15(13-6-8-14(22-4)9-7-13)21-17-16-11(2)12(3)23-18(16)20-10-19-17/h6-10,15H,5H2,1-4H3,(H,19,20,21)/t15-/m1/s1. The van der Waals surface area contributed by atoms with E-state index in [0.29, 0.717) is 0 Å². The zero-order valence-electron chi connectivity index (χ0n) is 13.9. The summed E-state index contributed by atoms with van der Waals surface area (Å²) in [5.41, 5.74) is 2.49. The molecule has 120 valence electrons. The molecular formula is C18H21N3OS. The van der Waals surface area contributed by atoms with Gasteiger partial charge in [0.2, 0.25) is 0 Å². The Bertz CT molecular complexity index is 811. The number of hydrogen-bond donors (Lipinski definition) is 1. The van der Waals surface area contributed by atoms with Gasteiger partial charge >= 0.3 is 0 Å². The van der Waals surface area contributed by atoms with Gasteiger partial charge in [-0.2, -0.15) is 0 Å². The van der Waals surface area contributed by atoms with Crippen molar-refractivity contribution in [1.29, 1.82) is 0 Å². The Balaban J connectivity index is 1.95. The van der Waals surface area contributed by atoms with Crippen molar-refractivity contribution in [1.82, 2.24) is 9.97 Å². The number of aromatic nitrogens is 2. The number of ether oxygens (including phenoxy) is 1. The van der Waals surface area contributed by atoms with Gasteiger partial charge in [0.1, 0.15) is 22.7 Å². The first-order valence-electron chi connectivity index (χ1n) is 7.75. The van der Waals surface area contributed by atoms with Crippen LogP contribution in [0.3, 0.4) is 0 Å². The fourth-order valence-electron chi connectivity index (χ4n) is 2.71. The monoisotopic (exact) mass is 327 g/mol. The zero-order valence-corrected chi connectivity index (χ0v) is 14.7. The summed E-state index contributed by atoms with van der Waals surface area (Å²) < 4.78 is 5.24. The molecule has 0 radical (unpaired) electrons. The van der Waals surface area contributed by atoms with Gasteiger partial charge in [0.25, 0.3) is 0 Å². The minimum Gasteiger partial charge on any atom is -0.497 e. The Hall–Kier alpha value is -2.14. The van der Waals surface area contributed by atoms with E-state index in [-0.39, 0.29) is 6.04 Å². The van der Waals surface area contributed by atoms with Crippen LogP contribution >= 0.6 is 11.3 Å². The number of fused-ring (bicyclic) bond motifs is 1. The van der Waals surface area contributed by atoms with Crippen molar-refractivity contribution in [3.8, 4) is 5.75 Å². The van der Waals surface area contributed by atoms with Crippen LogP contribution in [0.1, 0.15) is 35.4 Å². The second-order valence-electron chi connectivity index (χ2n) is 5.56.